The van der Waals surface area contributed by atoms with Crippen LogP contribution in [0.25, 0.3) is 0 Å². The van der Waals surface area contributed by atoms with Crippen LogP contribution in [0, 0.1) is 12.8 Å². The molecule has 0 aliphatic heterocycles. The Morgan fingerprint density at radius 1 is 1.56 bits per heavy atom. The highest BCUT2D eigenvalue weighted by atomic mass is 16.5. The molecule has 1 aromatic heterocycles. The Bertz CT molecular complexity index is 348. The first-order chi connectivity index (χ1) is 7.49. The van der Waals surface area contributed by atoms with Crippen LogP contribution in [0.2, 0.25) is 0 Å². The fourth-order valence-electron chi connectivity index (χ4n) is 1.11. The molecule has 0 radical (unpaired) electrons. The van der Waals surface area contributed by atoms with Gasteiger partial charge in [-0.05, 0) is 12.8 Å². The molecule has 16 heavy (non-hydrogen) atoms. The van der Waals surface area contributed by atoms with Crippen LogP contribution in [0.1, 0.15) is 32.0 Å². The average Bonchev–Trinajstić information content (AvgIpc) is 2.61. The van der Waals surface area contributed by atoms with Gasteiger partial charge in [0.05, 0.1) is 6.54 Å². The highest BCUT2D eigenvalue weighted by Crippen LogP contribution is 2.02. The largest absolute Gasteiger partial charge is 0.347 e. The molecule has 90 valence electrons. The minimum atomic E-state index is -0.121. The summed E-state index contributed by atoms with van der Waals surface area (Å²) in [7, 11) is 0. The van der Waals surface area contributed by atoms with Crippen LogP contribution in [0.5, 0.6) is 0 Å². The van der Waals surface area contributed by atoms with Gasteiger partial charge in [-0.2, -0.15) is 4.98 Å². The summed E-state index contributed by atoms with van der Waals surface area (Å²) in [6, 6.07) is -0.121. The predicted octanol–water partition coefficient (Wildman–Crippen LogP) is 0.368. The zero-order valence-corrected chi connectivity index (χ0v) is 9.86. The molecule has 0 fully saturated rings. The average molecular weight is 226 g/mol. The van der Waals surface area contributed by atoms with Crippen molar-refractivity contribution in [1.29, 1.82) is 0 Å². The van der Waals surface area contributed by atoms with E-state index in [1.165, 1.54) is 0 Å². The maximum Gasteiger partial charge on any atom is 0.246 e. The van der Waals surface area contributed by atoms with Gasteiger partial charge in [-0.25, -0.2) is 0 Å². The molecule has 6 heteroatoms. The van der Waals surface area contributed by atoms with Crippen molar-refractivity contribution in [2.75, 3.05) is 0 Å². The zero-order chi connectivity index (χ0) is 12.1. The molecule has 1 rings (SSSR count). The van der Waals surface area contributed by atoms with Crippen molar-refractivity contribution in [3.05, 3.63) is 11.7 Å². The topological polar surface area (TPSA) is 94.0 Å². The third kappa shape index (κ3) is 3.98. The summed E-state index contributed by atoms with van der Waals surface area (Å²) in [6.45, 7) is 5.95. The molecular formula is C10H18N4O2. The number of nitrogens with two attached hydrogens (primary N) is 1. The number of aromatic nitrogens is 2. The lowest BCUT2D eigenvalue weighted by Gasteiger charge is -2.14. The van der Waals surface area contributed by atoms with Crippen LogP contribution in [-0.2, 0) is 11.3 Å². The van der Waals surface area contributed by atoms with Gasteiger partial charge in [-0.15, -0.1) is 0 Å². The number of amides is 1. The van der Waals surface area contributed by atoms with Crippen LogP contribution in [-0.4, -0.2) is 22.1 Å². The lowest BCUT2D eigenvalue weighted by atomic mass is 10.0. The van der Waals surface area contributed by atoms with E-state index in [4.69, 9.17) is 10.3 Å². The van der Waals surface area contributed by atoms with Crippen molar-refractivity contribution in [2.24, 2.45) is 11.7 Å². The Morgan fingerprint density at radius 3 is 2.75 bits per heavy atom. The number of carbonyl (C=O) groups excluding carboxylic acids is 1. The number of hydrogen-bond acceptors (Lipinski definition) is 5. The van der Waals surface area contributed by atoms with Gasteiger partial charge in [0.25, 0.3) is 0 Å². The summed E-state index contributed by atoms with van der Waals surface area (Å²) >= 11 is 0. The molecule has 0 aromatic carbocycles. The number of carbonyl (C=O) groups is 1. The van der Waals surface area contributed by atoms with Gasteiger partial charge in [0, 0.05) is 12.5 Å². The SMILES string of the molecule is Cc1noc(CNC(=O)CC(N)C(C)C)n1. The van der Waals surface area contributed by atoms with Gasteiger partial charge in [0.1, 0.15) is 0 Å². The van der Waals surface area contributed by atoms with E-state index in [0.717, 1.165) is 0 Å². The van der Waals surface area contributed by atoms with Crippen molar-refractivity contribution in [3.8, 4) is 0 Å². The van der Waals surface area contributed by atoms with Crippen molar-refractivity contribution in [3.63, 3.8) is 0 Å². The molecule has 1 heterocycles. The first-order valence-electron chi connectivity index (χ1n) is 5.30. The van der Waals surface area contributed by atoms with E-state index in [-0.39, 0.29) is 24.4 Å². The second kappa shape index (κ2) is 5.60. The maximum absolute atomic E-state index is 11.5. The molecule has 1 aromatic rings. The Labute approximate surface area is 94.6 Å². The van der Waals surface area contributed by atoms with Gasteiger partial charge in [0.15, 0.2) is 5.82 Å². The van der Waals surface area contributed by atoms with E-state index in [2.05, 4.69) is 15.5 Å². The Kier molecular flexibility index (Phi) is 4.42. The smallest absolute Gasteiger partial charge is 0.246 e. The maximum atomic E-state index is 11.5. The molecule has 0 saturated heterocycles. The summed E-state index contributed by atoms with van der Waals surface area (Å²) in [5.74, 6) is 1.15. The Balaban J connectivity index is 2.30. The number of aryl methyl sites for hydroxylation is 1. The van der Waals surface area contributed by atoms with Gasteiger partial charge < -0.3 is 15.6 Å². The highest BCUT2D eigenvalue weighted by molar-refractivity contribution is 5.76. The fraction of sp³-hybridized carbons (Fsp3) is 0.700. The molecule has 0 aliphatic carbocycles. The molecular weight excluding hydrogens is 208 g/mol. The second-order valence-corrected chi connectivity index (χ2v) is 4.12. The minimum absolute atomic E-state index is 0.1000. The number of nitrogens with one attached hydrogen (secondary N) is 1. The standard InChI is InChI=1S/C10H18N4O2/c1-6(2)8(11)4-9(15)12-5-10-13-7(3)14-16-10/h6,8H,4-5,11H2,1-3H3,(H,12,15). The van der Waals surface area contributed by atoms with Crippen LogP contribution >= 0.6 is 0 Å². The van der Waals surface area contributed by atoms with Gasteiger partial charge >= 0.3 is 0 Å². The Morgan fingerprint density at radius 2 is 2.25 bits per heavy atom. The van der Waals surface area contributed by atoms with E-state index in [9.17, 15) is 4.79 Å². The summed E-state index contributed by atoms with van der Waals surface area (Å²) in [5.41, 5.74) is 5.78. The monoisotopic (exact) mass is 226 g/mol. The number of hydrogen-bond donors (Lipinski definition) is 2. The van der Waals surface area contributed by atoms with Crippen molar-refractivity contribution in [2.45, 2.75) is 39.8 Å². The number of rotatable bonds is 5. The van der Waals surface area contributed by atoms with Crippen molar-refractivity contribution in [1.82, 2.24) is 15.5 Å². The molecule has 6 nitrogen and oxygen atoms in total. The second-order valence-electron chi connectivity index (χ2n) is 4.12. The van der Waals surface area contributed by atoms with E-state index >= 15 is 0 Å². The molecule has 1 unspecified atom stereocenters. The zero-order valence-electron chi connectivity index (χ0n) is 9.86. The van der Waals surface area contributed by atoms with Gasteiger partial charge in [-0.3, -0.25) is 4.79 Å². The lowest BCUT2D eigenvalue weighted by molar-refractivity contribution is -0.121. The van der Waals surface area contributed by atoms with E-state index in [0.29, 0.717) is 18.1 Å². The molecule has 1 atom stereocenters. The van der Waals surface area contributed by atoms with E-state index < -0.39 is 0 Å². The number of nitrogens with zero attached hydrogens (tertiary/aromatic N) is 2. The van der Waals surface area contributed by atoms with Crippen LogP contribution in [0.3, 0.4) is 0 Å². The van der Waals surface area contributed by atoms with Crippen LogP contribution in [0.4, 0.5) is 0 Å². The van der Waals surface area contributed by atoms with E-state index in [1.54, 1.807) is 6.92 Å². The molecule has 3 N–H and O–H groups in total. The first kappa shape index (κ1) is 12.6. The molecule has 0 aliphatic rings. The molecule has 0 bridgehead atoms. The lowest BCUT2D eigenvalue weighted by Crippen LogP contribution is -2.34. The van der Waals surface area contributed by atoms with Crippen molar-refractivity contribution >= 4 is 5.91 Å². The van der Waals surface area contributed by atoms with Crippen LogP contribution < -0.4 is 11.1 Å². The Hall–Kier alpha value is -1.43. The van der Waals surface area contributed by atoms with Gasteiger partial charge in [0.2, 0.25) is 11.8 Å². The van der Waals surface area contributed by atoms with Gasteiger partial charge in [-0.1, -0.05) is 19.0 Å². The molecule has 0 saturated carbocycles. The third-order valence-corrected chi connectivity index (χ3v) is 2.28. The summed E-state index contributed by atoms with van der Waals surface area (Å²) in [4.78, 5) is 15.4. The molecule has 0 spiro atoms. The summed E-state index contributed by atoms with van der Waals surface area (Å²) < 4.78 is 4.86. The van der Waals surface area contributed by atoms with Crippen LogP contribution in [0.15, 0.2) is 4.52 Å². The normalized spacial score (nSPS) is 12.8. The first-order valence-corrected chi connectivity index (χ1v) is 5.30. The predicted molar refractivity (Wildman–Crippen MR) is 58.3 cm³/mol. The quantitative estimate of drug-likeness (QED) is 0.756. The highest BCUT2D eigenvalue weighted by Gasteiger charge is 2.13. The van der Waals surface area contributed by atoms with Crippen molar-refractivity contribution < 1.29 is 9.32 Å². The fourth-order valence-corrected chi connectivity index (χ4v) is 1.11. The van der Waals surface area contributed by atoms with E-state index in [1.807, 2.05) is 13.8 Å². The molecule has 1 amide bonds. The minimum Gasteiger partial charge on any atom is -0.347 e. The summed E-state index contributed by atoms with van der Waals surface area (Å²) in [5, 5.41) is 6.30. The third-order valence-electron chi connectivity index (χ3n) is 2.28. The summed E-state index contributed by atoms with van der Waals surface area (Å²) in [6.07, 6.45) is 0.310.